The molecular formula is C45H40N3O11P. The Balaban J connectivity index is 1.58. The highest BCUT2D eigenvalue weighted by molar-refractivity contribution is 7.96. The molecule has 6 rings (SSSR count). The average molecular weight is 830 g/mol. The van der Waals surface area contributed by atoms with E-state index in [1.54, 1.807) is 66.7 Å². The number of nitrogens with one attached hydrogen (secondary N) is 1. The molecule has 2 amide bonds. The Morgan fingerprint density at radius 1 is 0.767 bits per heavy atom. The van der Waals surface area contributed by atoms with Crippen LogP contribution >= 0.6 is 6.89 Å². The Morgan fingerprint density at radius 3 is 1.77 bits per heavy atom. The highest BCUT2D eigenvalue weighted by Gasteiger charge is 2.56. The third-order valence-corrected chi connectivity index (χ3v) is 14.1. The lowest BCUT2D eigenvalue weighted by molar-refractivity contribution is -0.384. The Labute approximate surface area is 345 Å². The summed E-state index contributed by atoms with van der Waals surface area (Å²) in [5, 5.41) is 15.8. The number of hydrogen-bond acceptors (Lipinski definition) is 11. The van der Waals surface area contributed by atoms with Crippen LogP contribution in [0.25, 0.3) is 0 Å². The van der Waals surface area contributed by atoms with Crippen LogP contribution in [0.2, 0.25) is 0 Å². The summed E-state index contributed by atoms with van der Waals surface area (Å²) < 4.78 is 21.9. The highest BCUT2D eigenvalue weighted by Crippen LogP contribution is 2.48. The molecule has 5 aromatic rings. The summed E-state index contributed by atoms with van der Waals surface area (Å²) in [5.74, 6) is -3.82. The maximum absolute atomic E-state index is 15.0. The van der Waals surface area contributed by atoms with Crippen LogP contribution < -0.4 is 26.0 Å². The summed E-state index contributed by atoms with van der Waals surface area (Å²) >= 11 is 0. The molecule has 306 valence electrons. The van der Waals surface area contributed by atoms with E-state index in [9.17, 15) is 29.3 Å². The number of rotatable bonds is 16. The van der Waals surface area contributed by atoms with Crippen molar-refractivity contribution in [1.29, 1.82) is 0 Å². The standard InChI is InChI=1S/C45H40N3O11P/c1-56-39(50)28-27-37-40(46-38(49)30-58-33-15-7-3-8-16-33)43(51)47(37)41(44(52)59-29-31-23-25-32(26-24-31)48(54)55)42(45(53)57-2)60(34-17-9-4-10-18-34,35-19-11-5-12-20-35)36-21-13-6-14-22-36/h3-28,37,40-41H,29-30H2,1-2H3,(H,46,49). The van der Waals surface area contributed by atoms with E-state index in [1.165, 1.54) is 37.5 Å². The second-order valence-electron chi connectivity index (χ2n) is 13.3. The molecule has 0 aliphatic carbocycles. The number of non-ortho nitro benzene ring substituents is 1. The van der Waals surface area contributed by atoms with Crippen LogP contribution in [0, 0.1) is 10.1 Å². The number of para-hydroxylation sites is 1. The van der Waals surface area contributed by atoms with Gasteiger partial charge in [-0.3, -0.25) is 19.7 Å². The zero-order chi connectivity index (χ0) is 42.6. The number of benzene rings is 5. The average Bonchev–Trinajstić information content (AvgIpc) is 3.29. The summed E-state index contributed by atoms with van der Waals surface area (Å²) in [4.78, 5) is 82.3. The third-order valence-electron chi connectivity index (χ3n) is 9.72. The van der Waals surface area contributed by atoms with Crippen molar-refractivity contribution in [2.75, 3.05) is 20.8 Å². The minimum Gasteiger partial charge on any atom is -0.484 e. The number of β-lactam (4-membered cyclic amide) rings is 1. The summed E-state index contributed by atoms with van der Waals surface area (Å²) in [6, 6.07) is 36.7. The molecule has 1 fully saturated rings. The smallest absolute Gasteiger partial charge is 0.337 e. The fourth-order valence-corrected chi connectivity index (χ4v) is 11.5. The van der Waals surface area contributed by atoms with Crippen LogP contribution in [-0.4, -0.2) is 83.8 Å². The second-order valence-corrected chi connectivity index (χ2v) is 16.6. The van der Waals surface area contributed by atoms with E-state index >= 15 is 4.79 Å². The molecule has 1 N–H and O–H groups in total. The fourth-order valence-electron chi connectivity index (χ4n) is 6.97. The van der Waals surface area contributed by atoms with Gasteiger partial charge in [0.05, 0.1) is 30.5 Å². The molecule has 0 radical (unpaired) electrons. The van der Waals surface area contributed by atoms with Crippen LogP contribution in [0.5, 0.6) is 5.75 Å². The zero-order valence-electron chi connectivity index (χ0n) is 32.5. The molecule has 5 aromatic carbocycles. The van der Waals surface area contributed by atoms with Crippen molar-refractivity contribution in [3.05, 3.63) is 173 Å². The molecule has 14 nitrogen and oxygen atoms in total. The molecule has 0 saturated carbocycles. The summed E-state index contributed by atoms with van der Waals surface area (Å²) in [6.07, 6.45) is 2.35. The van der Waals surface area contributed by atoms with Crippen LogP contribution in [0.3, 0.4) is 0 Å². The predicted molar refractivity (Wildman–Crippen MR) is 225 cm³/mol. The minimum absolute atomic E-state index is 0.135. The number of carbonyl (C=O) groups excluding carboxylic acids is 5. The van der Waals surface area contributed by atoms with Gasteiger partial charge in [0, 0.05) is 18.2 Å². The maximum atomic E-state index is 15.0. The lowest BCUT2D eigenvalue weighted by Crippen LogP contribution is -2.75. The lowest BCUT2D eigenvalue weighted by Gasteiger charge is -2.50. The first-order valence-corrected chi connectivity index (χ1v) is 20.4. The minimum atomic E-state index is -3.53. The molecule has 0 bridgehead atoms. The largest absolute Gasteiger partial charge is 0.484 e. The van der Waals surface area contributed by atoms with Crippen LogP contribution in [0.1, 0.15) is 5.56 Å². The lowest BCUT2D eigenvalue weighted by atomic mass is 9.90. The molecule has 1 aliphatic rings. The zero-order valence-corrected chi connectivity index (χ0v) is 33.4. The van der Waals surface area contributed by atoms with Gasteiger partial charge in [-0.25, -0.2) is 14.4 Å². The van der Waals surface area contributed by atoms with E-state index in [0.717, 1.165) is 18.1 Å². The second kappa shape index (κ2) is 19.4. The van der Waals surface area contributed by atoms with E-state index in [-0.39, 0.29) is 11.0 Å². The van der Waals surface area contributed by atoms with Crippen molar-refractivity contribution >= 4 is 63.5 Å². The number of carbonyl (C=O) groups is 5. The van der Waals surface area contributed by atoms with Gasteiger partial charge in [-0.2, -0.15) is 0 Å². The van der Waals surface area contributed by atoms with Gasteiger partial charge in [0.25, 0.3) is 11.6 Å². The molecular weight excluding hydrogens is 789 g/mol. The summed E-state index contributed by atoms with van der Waals surface area (Å²) in [5.41, 5.74) is 0.198. The topological polar surface area (TPSA) is 181 Å². The molecule has 0 spiro atoms. The predicted octanol–water partition coefficient (Wildman–Crippen LogP) is 3.85. The van der Waals surface area contributed by atoms with Crippen molar-refractivity contribution in [3.8, 4) is 5.75 Å². The fraction of sp³-hybridized carbons (Fsp3) is 0.156. The van der Waals surface area contributed by atoms with Crippen molar-refractivity contribution in [2.45, 2.75) is 24.7 Å². The first kappa shape index (κ1) is 42.3. The molecule has 3 unspecified atom stereocenters. The van der Waals surface area contributed by atoms with E-state index in [2.05, 4.69) is 5.32 Å². The third kappa shape index (κ3) is 9.04. The number of amides is 2. The molecule has 60 heavy (non-hydrogen) atoms. The first-order valence-electron chi connectivity index (χ1n) is 18.6. The molecule has 0 aromatic heterocycles. The monoisotopic (exact) mass is 829 g/mol. The number of ether oxygens (including phenoxy) is 4. The quantitative estimate of drug-likeness (QED) is 0.0290. The van der Waals surface area contributed by atoms with Crippen molar-refractivity contribution in [1.82, 2.24) is 10.2 Å². The van der Waals surface area contributed by atoms with Gasteiger partial charge in [0.2, 0.25) is 5.91 Å². The van der Waals surface area contributed by atoms with Crippen LogP contribution in [0.15, 0.2) is 158 Å². The van der Waals surface area contributed by atoms with Gasteiger partial charge < -0.3 is 29.2 Å². The Kier molecular flexibility index (Phi) is 13.7. The van der Waals surface area contributed by atoms with Gasteiger partial charge >= 0.3 is 17.9 Å². The number of likely N-dealkylation sites (tertiary alicyclic amines) is 1. The highest BCUT2D eigenvalue weighted by atomic mass is 31.2. The molecule has 15 heteroatoms. The number of methoxy groups -OCH3 is 2. The number of nitrogens with zero attached hydrogens (tertiary/aromatic N) is 2. The Morgan fingerprint density at radius 2 is 1.28 bits per heavy atom. The maximum Gasteiger partial charge on any atom is 0.337 e. The molecule has 3 atom stereocenters. The van der Waals surface area contributed by atoms with Gasteiger partial charge in [-0.05, 0) is 52.6 Å². The van der Waals surface area contributed by atoms with Gasteiger partial charge in [0.15, 0.2) is 12.6 Å². The van der Waals surface area contributed by atoms with Crippen molar-refractivity contribution in [2.24, 2.45) is 0 Å². The normalized spacial score (nSPS) is 15.2. The van der Waals surface area contributed by atoms with Crippen molar-refractivity contribution in [3.63, 3.8) is 0 Å². The number of nitro benzene ring substituents is 1. The van der Waals surface area contributed by atoms with E-state index in [1.807, 2.05) is 54.6 Å². The SMILES string of the molecule is COC(=O)C=CC1C(NC(=O)COc2ccccc2)C(=O)N1C(C(=O)OCc1ccc([N+](=O)[O-])cc1)C(C(=O)OC)=P(c1ccccc1)(c1ccccc1)c1ccccc1. The molecule has 1 aliphatic heterocycles. The van der Waals surface area contributed by atoms with Gasteiger partial charge in [-0.1, -0.05) is 115 Å². The number of esters is 3. The van der Waals surface area contributed by atoms with Crippen molar-refractivity contribution < 1.29 is 47.8 Å². The van der Waals surface area contributed by atoms with Gasteiger partial charge in [-0.15, -0.1) is 0 Å². The Hall–Kier alpha value is -7.31. The van der Waals surface area contributed by atoms with E-state index in [4.69, 9.17) is 18.9 Å². The van der Waals surface area contributed by atoms with E-state index < -0.39 is 72.9 Å². The van der Waals surface area contributed by atoms with E-state index in [0.29, 0.717) is 27.2 Å². The number of hydrogen-bond donors (Lipinski definition) is 1. The van der Waals surface area contributed by atoms with Gasteiger partial charge in [0.1, 0.15) is 18.4 Å². The molecule has 1 saturated heterocycles. The van der Waals surface area contributed by atoms with Crippen LogP contribution in [-0.2, 0) is 44.8 Å². The number of nitro groups is 1. The molecule has 1 heterocycles. The first-order chi connectivity index (χ1) is 29.1. The Bertz CT molecular complexity index is 2330. The van der Waals surface area contributed by atoms with Crippen LogP contribution in [0.4, 0.5) is 5.69 Å². The summed E-state index contributed by atoms with van der Waals surface area (Å²) in [6.45, 7) is -4.40. The summed E-state index contributed by atoms with van der Waals surface area (Å²) in [7, 11) is 2.33.